The van der Waals surface area contributed by atoms with Crippen LogP contribution in [-0.4, -0.2) is 52.1 Å². The number of thioether (sulfide) groups is 1. The Kier molecular flexibility index (Phi) is 4.62. The number of rotatable bonds is 1. The van der Waals surface area contributed by atoms with Crippen molar-refractivity contribution in [3.8, 4) is 11.8 Å². The summed E-state index contributed by atoms with van der Waals surface area (Å²) < 4.78 is 0. The first-order chi connectivity index (χ1) is 8.81. The van der Waals surface area contributed by atoms with Gasteiger partial charge in [0.25, 0.3) is 5.91 Å². The molecule has 1 aliphatic heterocycles. The lowest BCUT2D eigenvalue weighted by Gasteiger charge is -2.25. The van der Waals surface area contributed by atoms with E-state index >= 15 is 0 Å². The smallest absolute Gasteiger partial charge is 0.272 e. The van der Waals surface area contributed by atoms with Gasteiger partial charge >= 0.3 is 0 Å². The fraction of sp³-hybridized carbons (Fsp3) is 0.385. The summed E-state index contributed by atoms with van der Waals surface area (Å²) in [6.45, 7) is 1.40. The summed E-state index contributed by atoms with van der Waals surface area (Å²) in [6, 6.07) is 3.44. The molecule has 2 rings (SSSR count). The number of carbonyl (C=O) groups is 1. The van der Waals surface area contributed by atoms with Gasteiger partial charge in [-0.1, -0.05) is 11.8 Å². The lowest BCUT2D eigenvalue weighted by Crippen LogP contribution is -2.38. The number of pyridine rings is 1. The summed E-state index contributed by atoms with van der Waals surface area (Å²) in [7, 11) is 0. The van der Waals surface area contributed by atoms with E-state index in [4.69, 9.17) is 5.11 Å². The van der Waals surface area contributed by atoms with E-state index < -0.39 is 0 Å². The molecule has 1 N–H and O–H groups in total. The molecule has 1 fully saturated rings. The Morgan fingerprint density at radius 1 is 1.44 bits per heavy atom. The van der Waals surface area contributed by atoms with E-state index in [0.717, 1.165) is 24.6 Å². The van der Waals surface area contributed by atoms with Crippen LogP contribution in [0.5, 0.6) is 0 Å². The van der Waals surface area contributed by atoms with Gasteiger partial charge in [-0.15, -0.1) is 0 Å². The number of nitrogens with zero attached hydrogens (tertiary/aromatic N) is 2. The van der Waals surface area contributed by atoms with Crippen molar-refractivity contribution in [2.45, 2.75) is 0 Å². The van der Waals surface area contributed by atoms with Gasteiger partial charge in [-0.2, -0.15) is 11.8 Å². The number of amides is 1. The molecule has 0 unspecified atom stereocenters. The molecule has 18 heavy (non-hydrogen) atoms. The Bertz CT molecular complexity index is 470. The maximum Gasteiger partial charge on any atom is 0.272 e. The van der Waals surface area contributed by atoms with Crippen molar-refractivity contribution in [1.82, 2.24) is 9.88 Å². The van der Waals surface area contributed by atoms with Gasteiger partial charge < -0.3 is 10.0 Å². The quantitative estimate of drug-likeness (QED) is 0.754. The fourth-order valence-corrected chi connectivity index (χ4v) is 2.57. The summed E-state index contributed by atoms with van der Waals surface area (Å²) in [5.74, 6) is 7.26. The number of carbonyl (C=O) groups excluding carboxylic acids is 1. The third-order valence-corrected chi connectivity index (χ3v) is 3.54. The van der Waals surface area contributed by atoms with Crippen molar-refractivity contribution >= 4 is 17.7 Å². The van der Waals surface area contributed by atoms with Crippen LogP contribution in [0.25, 0.3) is 0 Å². The van der Waals surface area contributed by atoms with E-state index in [1.54, 1.807) is 18.3 Å². The zero-order valence-corrected chi connectivity index (χ0v) is 10.7. The maximum absolute atomic E-state index is 12.1. The molecule has 0 aliphatic carbocycles. The van der Waals surface area contributed by atoms with E-state index in [1.807, 2.05) is 16.7 Å². The second-order valence-electron chi connectivity index (χ2n) is 3.80. The van der Waals surface area contributed by atoms with Crippen molar-refractivity contribution in [1.29, 1.82) is 0 Å². The molecule has 4 nitrogen and oxygen atoms in total. The Labute approximate surface area is 110 Å². The van der Waals surface area contributed by atoms with E-state index in [-0.39, 0.29) is 12.5 Å². The van der Waals surface area contributed by atoms with Gasteiger partial charge in [-0.3, -0.25) is 4.79 Å². The van der Waals surface area contributed by atoms with E-state index in [0.29, 0.717) is 11.3 Å². The summed E-state index contributed by atoms with van der Waals surface area (Å²) in [6.07, 6.45) is 1.56. The first-order valence-corrected chi connectivity index (χ1v) is 6.89. The van der Waals surface area contributed by atoms with Crippen molar-refractivity contribution in [2.75, 3.05) is 31.2 Å². The third-order valence-electron chi connectivity index (χ3n) is 2.59. The zero-order chi connectivity index (χ0) is 12.8. The molecule has 2 heterocycles. The highest BCUT2D eigenvalue weighted by Gasteiger charge is 2.18. The second kappa shape index (κ2) is 6.43. The van der Waals surface area contributed by atoms with Crippen LogP contribution in [-0.2, 0) is 0 Å². The normalized spacial score (nSPS) is 14.8. The van der Waals surface area contributed by atoms with Crippen molar-refractivity contribution in [3.63, 3.8) is 0 Å². The highest BCUT2D eigenvalue weighted by Crippen LogP contribution is 2.12. The van der Waals surface area contributed by atoms with Crippen molar-refractivity contribution in [2.24, 2.45) is 0 Å². The molecule has 0 aromatic carbocycles. The van der Waals surface area contributed by atoms with Crippen LogP contribution >= 0.6 is 11.8 Å². The van der Waals surface area contributed by atoms with Crippen LogP contribution in [0.1, 0.15) is 16.1 Å². The summed E-state index contributed by atoms with van der Waals surface area (Å²) in [5.41, 5.74) is 1.16. The standard InChI is InChI=1S/C13H14N2O2S/c16-7-1-2-11-3-4-12(14-10-11)13(17)15-5-8-18-9-6-15/h3-4,10,16H,5-9H2. The average molecular weight is 262 g/mol. The second-order valence-corrected chi connectivity index (χ2v) is 5.02. The minimum absolute atomic E-state index is 0.0167. The predicted molar refractivity (Wildman–Crippen MR) is 71.4 cm³/mol. The first-order valence-electron chi connectivity index (χ1n) is 5.74. The average Bonchev–Trinajstić information content (AvgIpc) is 2.46. The monoisotopic (exact) mass is 262 g/mol. The van der Waals surface area contributed by atoms with Crippen molar-refractivity contribution in [3.05, 3.63) is 29.6 Å². The van der Waals surface area contributed by atoms with Gasteiger partial charge in [0.1, 0.15) is 12.3 Å². The predicted octanol–water partition coefficient (Wildman–Crippen LogP) is 0.614. The molecule has 94 valence electrons. The summed E-state index contributed by atoms with van der Waals surface area (Å²) >= 11 is 1.87. The molecule has 1 saturated heterocycles. The molecule has 1 aliphatic rings. The fourth-order valence-electron chi connectivity index (χ4n) is 1.66. The molecule has 1 aromatic rings. The highest BCUT2D eigenvalue weighted by atomic mass is 32.2. The molecular formula is C13H14N2O2S. The van der Waals surface area contributed by atoms with E-state index in [9.17, 15) is 4.79 Å². The topological polar surface area (TPSA) is 53.4 Å². The van der Waals surface area contributed by atoms with Crippen LogP contribution in [0.15, 0.2) is 18.3 Å². The van der Waals surface area contributed by atoms with Crippen LogP contribution in [0, 0.1) is 11.8 Å². The molecule has 0 spiro atoms. The molecule has 0 radical (unpaired) electrons. The summed E-state index contributed by atoms with van der Waals surface area (Å²) in [5, 5.41) is 8.58. The molecular weight excluding hydrogens is 248 g/mol. The van der Waals surface area contributed by atoms with Gasteiger partial charge in [0, 0.05) is 36.4 Å². The number of aliphatic hydroxyl groups excluding tert-OH is 1. The molecule has 1 aromatic heterocycles. The Balaban J connectivity index is 2.06. The third kappa shape index (κ3) is 3.25. The van der Waals surface area contributed by atoms with Gasteiger partial charge in [-0.25, -0.2) is 4.98 Å². The summed E-state index contributed by atoms with van der Waals surface area (Å²) in [4.78, 5) is 18.1. The van der Waals surface area contributed by atoms with Crippen molar-refractivity contribution < 1.29 is 9.90 Å². The van der Waals surface area contributed by atoms with E-state index in [2.05, 4.69) is 16.8 Å². The van der Waals surface area contributed by atoms with Crippen LogP contribution in [0.2, 0.25) is 0 Å². The van der Waals surface area contributed by atoms with Gasteiger partial charge in [0.2, 0.25) is 0 Å². The Morgan fingerprint density at radius 2 is 2.22 bits per heavy atom. The molecule has 5 heteroatoms. The maximum atomic E-state index is 12.1. The van der Waals surface area contributed by atoms with E-state index in [1.165, 1.54) is 0 Å². The number of hydrogen-bond acceptors (Lipinski definition) is 4. The minimum Gasteiger partial charge on any atom is -0.384 e. The van der Waals surface area contributed by atoms with Gasteiger partial charge in [-0.05, 0) is 12.1 Å². The molecule has 0 saturated carbocycles. The molecule has 0 bridgehead atoms. The van der Waals surface area contributed by atoms with Gasteiger partial charge in [0.05, 0.1) is 0 Å². The zero-order valence-electron chi connectivity index (χ0n) is 9.93. The van der Waals surface area contributed by atoms with Gasteiger partial charge in [0.15, 0.2) is 0 Å². The first kappa shape index (κ1) is 12.9. The van der Waals surface area contributed by atoms with Crippen LogP contribution in [0.3, 0.4) is 0 Å². The molecule has 1 amide bonds. The minimum atomic E-state index is -0.174. The van der Waals surface area contributed by atoms with Crippen LogP contribution < -0.4 is 0 Å². The lowest BCUT2D eigenvalue weighted by molar-refractivity contribution is 0.0766. The Morgan fingerprint density at radius 3 is 2.83 bits per heavy atom. The van der Waals surface area contributed by atoms with Crippen LogP contribution in [0.4, 0.5) is 0 Å². The lowest BCUT2D eigenvalue weighted by atomic mass is 10.2. The largest absolute Gasteiger partial charge is 0.384 e. The number of aromatic nitrogens is 1. The number of aliphatic hydroxyl groups is 1. The SMILES string of the molecule is O=C(c1ccc(C#CCO)cn1)N1CCSCC1. The highest BCUT2D eigenvalue weighted by molar-refractivity contribution is 7.99. The molecule has 0 atom stereocenters. The Hall–Kier alpha value is -1.51. The number of hydrogen-bond donors (Lipinski definition) is 1.